The van der Waals surface area contributed by atoms with Gasteiger partial charge in [0.1, 0.15) is 34.0 Å². The van der Waals surface area contributed by atoms with Gasteiger partial charge in [0.05, 0.1) is 0 Å². The molecule has 0 spiro atoms. The number of hydrogen-bond donors (Lipinski definition) is 2. The number of carbonyl (C=O) groups is 2. The maximum atomic E-state index is 13.2. The second-order valence-electron chi connectivity index (χ2n) is 10.5. The molecule has 33 heavy (non-hydrogen) atoms. The van der Waals surface area contributed by atoms with E-state index in [-0.39, 0.29) is 12.5 Å². The summed E-state index contributed by atoms with van der Waals surface area (Å²) in [5, 5.41) is 0. The number of amidine groups is 1. The Kier molecular flexibility index (Phi) is 7.68. The number of hydrogen-bond acceptors (Lipinski definition) is 8. The van der Waals surface area contributed by atoms with E-state index in [9.17, 15) is 9.59 Å². The van der Waals surface area contributed by atoms with Crippen LogP contribution in [0, 0.1) is 0 Å². The monoisotopic (exact) mass is 462 g/mol. The number of aliphatic imine (C=N–C) groups is 1. The number of nitrogens with two attached hydrogens (primary N) is 2. The molecule has 0 fully saturated rings. The van der Waals surface area contributed by atoms with Gasteiger partial charge in [-0.3, -0.25) is 0 Å². The molecule has 1 aromatic carbocycles. The Morgan fingerprint density at radius 3 is 2.30 bits per heavy atom. The SMILES string of the molecule is CC1Oc2ccc(C(N)(CCCN(C)C(=O)OC(C)(C)C)C(=O)OC(C)(C)C)cc2N=C1N. The van der Waals surface area contributed by atoms with E-state index < -0.39 is 28.8 Å². The van der Waals surface area contributed by atoms with Gasteiger partial charge in [0.15, 0.2) is 6.10 Å². The van der Waals surface area contributed by atoms with Crippen LogP contribution in [-0.4, -0.2) is 53.7 Å². The van der Waals surface area contributed by atoms with E-state index in [0.29, 0.717) is 35.8 Å². The van der Waals surface area contributed by atoms with Crippen molar-refractivity contribution in [3.63, 3.8) is 0 Å². The first kappa shape index (κ1) is 26.4. The molecule has 0 saturated carbocycles. The first-order valence-electron chi connectivity index (χ1n) is 11.1. The van der Waals surface area contributed by atoms with Crippen molar-refractivity contribution in [3.8, 4) is 5.75 Å². The van der Waals surface area contributed by atoms with Crippen LogP contribution in [0.3, 0.4) is 0 Å². The standard InChI is InChI=1S/C24H38N4O5/c1-15-19(25)27-17-14-16(10-11-18(17)31-15)24(26,20(29)32-22(2,3)4)12-9-13-28(8)21(30)33-23(5,6)7/h10-11,14-15H,9,12-13,26H2,1-8H3,(H2,25,27). The van der Waals surface area contributed by atoms with Gasteiger partial charge in [0.2, 0.25) is 0 Å². The third-order valence-electron chi connectivity index (χ3n) is 4.98. The topological polar surface area (TPSA) is 129 Å². The molecule has 4 N–H and O–H groups in total. The third-order valence-corrected chi connectivity index (χ3v) is 4.98. The van der Waals surface area contributed by atoms with E-state index in [1.807, 2.05) is 27.7 Å². The Bertz CT molecular complexity index is 916. The molecule has 0 aliphatic carbocycles. The van der Waals surface area contributed by atoms with E-state index in [1.54, 1.807) is 46.0 Å². The Hall–Kier alpha value is -2.81. The fraction of sp³-hybridized carbons (Fsp3) is 0.625. The molecular weight excluding hydrogens is 424 g/mol. The van der Waals surface area contributed by atoms with Crippen LogP contribution in [-0.2, 0) is 19.8 Å². The fourth-order valence-electron chi connectivity index (χ4n) is 3.22. The highest BCUT2D eigenvalue weighted by atomic mass is 16.6. The number of carbonyl (C=O) groups excluding carboxylic acids is 2. The summed E-state index contributed by atoms with van der Waals surface area (Å²) in [4.78, 5) is 31.3. The second kappa shape index (κ2) is 9.59. The molecule has 1 heterocycles. The molecular formula is C24H38N4O5. The number of benzene rings is 1. The number of rotatable bonds is 6. The lowest BCUT2D eigenvalue weighted by Gasteiger charge is -2.33. The molecule has 184 valence electrons. The van der Waals surface area contributed by atoms with Gasteiger partial charge >= 0.3 is 12.1 Å². The van der Waals surface area contributed by atoms with Gasteiger partial charge in [-0.15, -0.1) is 0 Å². The van der Waals surface area contributed by atoms with Gasteiger partial charge in [-0.1, -0.05) is 6.07 Å². The van der Waals surface area contributed by atoms with Crippen LogP contribution >= 0.6 is 0 Å². The quantitative estimate of drug-likeness (QED) is 0.618. The summed E-state index contributed by atoms with van der Waals surface area (Å²) in [6.07, 6.45) is -0.0845. The van der Waals surface area contributed by atoms with Crippen molar-refractivity contribution < 1.29 is 23.8 Å². The van der Waals surface area contributed by atoms with Crippen LogP contribution in [0.4, 0.5) is 10.5 Å². The zero-order valence-electron chi connectivity index (χ0n) is 21.0. The highest BCUT2D eigenvalue weighted by Gasteiger charge is 2.40. The first-order valence-corrected chi connectivity index (χ1v) is 11.1. The Morgan fingerprint density at radius 2 is 1.73 bits per heavy atom. The van der Waals surface area contributed by atoms with Crippen LogP contribution < -0.4 is 16.2 Å². The lowest BCUT2D eigenvalue weighted by atomic mass is 9.85. The highest BCUT2D eigenvalue weighted by molar-refractivity contribution is 5.90. The van der Waals surface area contributed by atoms with Gasteiger partial charge in [0.25, 0.3) is 0 Å². The zero-order valence-corrected chi connectivity index (χ0v) is 21.0. The van der Waals surface area contributed by atoms with Gasteiger partial charge < -0.3 is 30.6 Å². The number of ether oxygens (including phenoxy) is 3. The number of esters is 1. The van der Waals surface area contributed by atoms with Crippen molar-refractivity contribution in [2.75, 3.05) is 13.6 Å². The average molecular weight is 463 g/mol. The van der Waals surface area contributed by atoms with Gasteiger partial charge in [-0.25, -0.2) is 14.6 Å². The molecule has 9 heteroatoms. The molecule has 0 aromatic heterocycles. The molecule has 1 aliphatic rings. The minimum Gasteiger partial charge on any atom is -0.481 e. The number of fused-ring (bicyclic) bond motifs is 1. The van der Waals surface area contributed by atoms with E-state index in [0.717, 1.165) is 0 Å². The third kappa shape index (κ3) is 7.08. The van der Waals surface area contributed by atoms with Crippen LogP contribution in [0.2, 0.25) is 0 Å². The van der Waals surface area contributed by atoms with Crippen molar-refractivity contribution in [2.24, 2.45) is 16.5 Å². The second-order valence-corrected chi connectivity index (χ2v) is 10.5. The maximum absolute atomic E-state index is 13.2. The van der Waals surface area contributed by atoms with Gasteiger partial charge in [0, 0.05) is 13.6 Å². The van der Waals surface area contributed by atoms with Gasteiger partial charge in [-0.05, 0) is 79.0 Å². The normalized spacial score (nSPS) is 17.7. The summed E-state index contributed by atoms with van der Waals surface area (Å²) in [7, 11) is 1.65. The first-order chi connectivity index (χ1) is 15.0. The van der Waals surface area contributed by atoms with E-state index in [1.165, 1.54) is 4.90 Å². The summed E-state index contributed by atoms with van der Waals surface area (Å²) in [6.45, 7) is 12.9. The lowest BCUT2D eigenvalue weighted by molar-refractivity contribution is -0.162. The molecule has 0 bridgehead atoms. The van der Waals surface area contributed by atoms with Crippen LogP contribution in [0.15, 0.2) is 23.2 Å². The van der Waals surface area contributed by atoms with Crippen molar-refractivity contribution in [2.45, 2.75) is 84.2 Å². The fourth-order valence-corrected chi connectivity index (χ4v) is 3.22. The number of nitrogens with zero attached hydrogens (tertiary/aromatic N) is 2. The molecule has 2 unspecified atom stereocenters. The van der Waals surface area contributed by atoms with Crippen LogP contribution in [0.25, 0.3) is 0 Å². The minimum atomic E-state index is -1.45. The zero-order chi connectivity index (χ0) is 25.2. The molecule has 1 aromatic rings. The van der Waals surface area contributed by atoms with Crippen molar-refractivity contribution >= 4 is 23.6 Å². The van der Waals surface area contributed by atoms with Gasteiger partial charge in [-0.2, -0.15) is 0 Å². The highest BCUT2D eigenvalue weighted by Crippen LogP contribution is 2.37. The maximum Gasteiger partial charge on any atom is 0.410 e. The Balaban J connectivity index is 2.27. The van der Waals surface area contributed by atoms with E-state index >= 15 is 0 Å². The van der Waals surface area contributed by atoms with Crippen molar-refractivity contribution in [3.05, 3.63) is 23.8 Å². The van der Waals surface area contributed by atoms with Crippen molar-refractivity contribution in [1.82, 2.24) is 4.90 Å². The predicted molar refractivity (Wildman–Crippen MR) is 128 cm³/mol. The summed E-state index contributed by atoms with van der Waals surface area (Å²) >= 11 is 0. The Labute approximate surface area is 196 Å². The summed E-state index contributed by atoms with van der Waals surface area (Å²) in [6, 6.07) is 5.18. The average Bonchev–Trinajstić information content (AvgIpc) is 2.65. The minimum absolute atomic E-state index is 0.240. The summed E-state index contributed by atoms with van der Waals surface area (Å²) in [5.74, 6) is 0.354. The van der Waals surface area contributed by atoms with Crippen LogP contribution in [0.1, 0.15) is 66.9 Å². The molecule has 0 radical (unpaired) electrons. The smallest absolute Gasteiger partial charge is 0.410 e. The van der Waals surface area contributed by atoms with E-state index in [2.05, 4.69) is 4.99 Å². The predicted octanol–water partition coefficient (Wildman–Crippen LogP) is 3.60. The number of amides is 1. The van der Waals surface area contributed by atoms with Crippen LogP contribution in [0.5, 0.6) is 5.75 Å². The molecule has 0 saturated heterocycles. The summed E-state index contributed by atoms with van der Waals surface area (Å²) in [5.41, 5.74) is 10.9. The molecule has 1 aliphatic heterocycles. The van der Waals surface area contributed by atoms with Crippen molar-refractivity contribution in [1.29, 1.82) is 0 Å². The molecule has 2 atom stereocenters. The summed E-state index contributed by atoms with van der Waals surface area (Å²) < 4.78 is 16.8. The van der Waals surface area contributed by atoms with E-state index in [4.69, 9.17) is 25.7 Å². The molecule has 9 nitrogen and oxygen atoms in total. The largest absolute Gasteiger partial charge is 0.481 e. The Morgan fingerprint density at radius 1 is 1.12 bits per heavy atom. The lowest BCUT2D eigenvalue weighted by Crippen LogP contribution is -2.49. The molecule has 2 rings (SSSR count). The molecule has 1 amide bonds.